The number of halogens is 2. The third kappa shape index (κ3) is 5.77. The smallest absolute Gasteiger partial charge is 0.250 e. The Morgan fingerprint density at radius 2 is 1.85 bits per heavy atom. The van der Waals surface area contributed by atoms with Gasteiger partial charge in [-0.15, -0.1) is 10.2 Å². The van der Waals surface area contributed by atoms with E-state index in [0.29, 0.717) is 26.6 Å². The minimum Gasteiger partial charge on any atom is -0.497 e. The summed E-state index contributed by atoms with van der Waals surface area (Å²) in [6.07, 6.45) is 1.47. The van der Waals surface area contributed by atoms with Crippen LogP contribution < -0.4 is 10.2 Å². The minimum atomic E-state index is -0.292. The second-order valence-corrected chi connectivity index (χ2v) is 8.74. The summed E-state index contributed by atoms with van der Waals surface area (Å²) < 4.78 is 7.16. The van der Waals surface area contributed by atoms with Crippen molar-refractivity contribution in [2.45, 2.75) is 5.16 Å². The number of hydrogen-bond acceptors (Lipinski definition) is 6. The van der Waals surface area contributed by atoms with Gasteiger partial charge in [0.2, 0.25) is 0 Å². The maximum atomic E-state index is 12.4. The van der Waals surface area contributed by atoms with E-state index in [-0.39, 0.29) is 11.7 Å². The molecule has 0 aliphatic carbocycles. The molecule has 1 aromatic heterocycles. The van der Waals surface area contributed by atoms with Crippen LogP contribution in [0.15, 0.2) is 83.1 Å². The predicted octanol–water partition coefficient (Wildman–Crippen LogP) is 5.49. The van der Waals surface area contributed by atoms with Crippen molar-refractivity contribution in [2.24, 2.45) is 5.10 Å². The van der Waals surface area contributed by atoms with Crippen molar-refractivity contribution in [1.29, 1.82) is 0 Å². The summed E-state index contributed by atoms with van der Waals surface area (Å²) in [7, 11) is 1.62. The molecule has 0 spiro atoms. The molecule has 7 nitrogen and oxygen atoms in total. The van der Waals surface area contributed by atoms with Crippen LogP contribution in [0.5, 0.6) is 5.75 Å². The molecule has 34 heavy (non-hydrogen) atoms. The second-order valence-electron chi connectivity index (χ2n) is 6.95. The number of benzene rings is 3. The molecule has 172 valence electrons. The van der Waals surface area contributed by atoms with Crippen LogP contribution >= 0.6 is 35.0 Å². The largest absolute Gasteiger partial charge is 0.497 e. The number of ether oxygens (including phenoxy) is 1. The Balaban J connectivity index is 1.49. The molecule has 4 aromatic rings. The highest BCUT2D eigenvalue weighted by Gasteiger charge is 2.17. The average molecular weight is 512 g/mol. The summed E-state index contributed by atoms with van der Waals surface area (Å²) in [5.41, 5.74) is 4.90. The SMILES string of the molecule is COc1ccc(-c2nnc(SCC(=O)N/N=C\c3ccc(Cl)cc3Cl)n2-c2ccccc2)cc1. The van der Waals surface area contributed by atoms with Crippen LogP contribution in [-0.2, 0) is 4.79 Å². The van der Waals surface area contributed by atoms with Gasteiger partial charge in [-0.2, -0.15) is 5.10 Å². The van der Waals surface area contributed by atoms with Gasteiger partial charge in [-0.25, -0.2) is 5.43 Å². The Morgan fingerprint density at radius 1 is 1.09 bits per heavy atom. The molecule has 3 aromatic carbocycles. The standard InChI is InChI=1S/C24H19Cl2N5O2S/c1-33-20-11-8-16(9-12-20)23-29-30-24(31(23)19-5-3-2-4-6-19)34-15-22(32)28-27-14-17-7-10-18(25)13-21(17)26/h2-14H,15H2,1H3,(H,28,32)/b27-14-. The molecule has 10 heteroatoms. The zero-order valence-electron chi connectivity index (χ0n) is 18.0. The van der Waals surface area contributed by atoms with Crippen LogP contribution in [0.3, 0.4) is 0 Å². The van der Waals surface area contributed by atoms with E-state index in [9.17, 15) is 4.79 Å². The van der Waals surface area contributed by atoms with E-state index in [1.165, 1.54) is 18.0 Å². The van der Waals surface area contributed by atoms with E-state index in [1.54, 1.807) is 25.3 Å². The van der Waals surface area contributed by atoms with Gasteiger partial charge in [0.25, 0.3) is 5.91 Å². The third-order valence-electron chi connectivity index (χ3n) is 4.68. The van der Waals surface area contributed by atoms with E-state index < -0.39 is 0 Å². The number of nitrogens with zero attached hydrogens (tertiary/aromatic N) is 4. The first-order chi connectivity index (χ1) is 16.5. The van der Waals surface area contributed by atoms with Gasteiger partial charge in [0.05, 0.1) is 24.1 Å². The van der Waals surface area contributed by atoms with E-state index in [0.717, 1.165) is 17.0 Å². The average Bonchev–Trinajstić information content (AvgIpc) is 3.28. The Bertz CT molecular complexity index is 1310. The van der Waals surface area contributed by atoms with Crippen LogP contribution in [0, 0.1) is 0 Å². The highest BCUT2D eigenvalue weighted by atomic mass is 35.5. The molecule has 0 bridgehead atoms. The molecule has 0 saturated heterocycles. The number of amides is 1. The topological polar surface area (TPSA) is 81.4 Å². The predicted molar refractivity (Wildman–Crippen MR) is 136 cm³/mol. The van der Waals surface area contributed by atoms with Gasteiger partial charge in [0.15, 0.2) is 11.0 Å². The van der Waals surface area contributed by atoms with Gasteiger partial charge in [0.1, 0.15) is 5.75 Å². The Kier molecular flexibility index (Phi) is 7.84. The highest BCUT2D eigenvalue weighted by Crippen LogP contribution is 2.29. The zero-order chi connectivity index (χ0) is 23.9. The molecular formula is C24H19Cl2N5O2S. The third-order valence-corrected chi connectivity index (χ3v) is 6.18. The quantitative estimate of drug-likeness (QED) is 0.192. The van der Waals surface area contributed by atoms with Crippen molar-refractivity contribution in [2.75, 3.05) is 12.9 Å². The number of thioether (sulfide) groups is 1. The maximum absolute atomic E-state index is 12.4. The molecule has 0 unspecified atom stereocenters. The van der Waals surface area contributed by atoms with Crippen LogP contribution in [0.1, 0.15) is 5.56 Å². The van der Waals surface area contributed by atoms with Crippen LogP contribution in [0.2, 0.25) is 10.0 Å². The van der Waals surface area contributed by atoms with Crippen LogP contribution in [0.25, 0.3) is 17.1 Å². The molecule has 0 fully saturated rings. The number of hydrazone groups is 1. The summed E-state index contributed by atoms with van der Waals surface area (Å²) in [6.45, 7) is 0. The van der Waals surface area contributed by atoms with Crippen molar-refractivity contribution < 1.29 is 9.53 Å². The Hall–Kier alpha value is -3.33. The number of methoxy groups -OCH3 is 1. The lowest BCUT2D eigenvalue weighted by Gasteiger charge is -2.10. The molecule has 0 aliphatic rings. The highest BCUT2D eigenvalue weighted by molar-refractivity contribution is 7.99. The van der Waals surface area contributed by atoms with Crippen LogP contribution in [-0.4, -0.2) is 39.7 Å². The van der Waals surface area contributed by atoms with E-state index >= 15 is 0 Å². The number of carbonyl (C=O) groups excluding carboxylic acids is 1. The van der Waals surface area contributed by atoms with Crippen molar-refractivity contribution in [3.8, 4) is 22.8 Å². The molecule has 0 atom stereocenters. The number of para-hydroxylation sites is 1. The fourth-order valence-electron chi connectivity index (χ4n) is 3.04. The molecule has 1 heterocycles. The molecule has 4 rings (SSSR count). The Morgan fingerprint density at radius 3 is 2.56 bits per heavy atom. The number of rotatable bonds is 8. The van der Waals surface area contributed by atoms with Gasteiger partial charge >= 0.3 is 0 Å². The molecule has 1 N–H and O–H groups in total. The number of hydrogen-bond donors (Lipinski definition) is 1. The van der Waals surface area contributed by atoms with Crippen molar-refractivity contribution in [3.05, 3.63) is 88.4 Å². The first-order valence-electron chi connectivity index (χ1n) is 10.1. The van der Waals surface area contributed by atoms with E-state index in [4.69, 9.17) is 27.9 Å². The first kappa shape index (κ1) is 23.8. The minimum absolute atomic E-state index is 0.0965. The Labute approximate surface area is 210 Å². The summed E-state index contributed by atoms with van der Waals surface area (Å²) in [4.78, 5) is 12.4. The van der Waals surface area contributed by atoms with Gasteiger partial charge in [0, 0.05) is 21.8 Å². The van der Waals surface area contributed by atoms with Crippen LogP contribution in [0.4, 0.5) is 0 Å². The van der Waals surface area contributed by atoms with Gasteiger partial charge in [-0.3, -0.25) is 9.36 Å². The number of nitrogens with one attached hydrogen (secondary N) is 1. The first-order valence-corrected chi connectivity index (χ1v) is 11.8. The van der Waals surface area contributed by atoms with Gasteiger partial charge in [-0.1, -0.05) is 59.2 Å². The zero-order valence-corrected chi connectivity index (χ0v) is 20.3. The lowest BCUT2D eigenvalue weighted by molar-refractivity contribution is -0.118. The second kappa shape index (κ2) is 11.2. The lowest BCUT2D eigenvalue weighted by atomic mass is 10.2. The lowest BCUT2D eigenvalue weighted by Crippen LogP contribution is -2.20. The molecular weight excluding hydrogens is 493 g/mol. The molecule has 1 amide bonds. The summed E-state index contributed by atoms with van der Waals surface area (Å²) in [5, 5.41) is 14.2. The van der Waals surface area contributed by atoms with Crippen molar-refractivity contribution >= 4 is 47.1 Å². The molecule has 0 aliphatic heterocycles. The summed E-state index contributed by atoms with van der Waals surface area (Å²) in [5.74, 6) is 1.22. The van der Waals surface area contributed by atoms with E-state index in [1.807, 2.05) is 59.2 Å². The van der Waals surface area contributed by atoms with Gasteiger partial charge in [-0.05, 0) is 48.5 Å². The summed E-state index contributed by atoms with van der Waals surface area (Å²) >= 11 is 13.3. The van der Waals surface area contributed by atoms with Gasteiger partial charge < -0.3 is 4.74 Å². The van der Waals surface area contributed by atoms with E-state index in [2.05, 4.69) is 20.7 Å². The van der Waals surface area contributed by atoms with Crippen molar-refractivity contribution in [3.63, 3.8) is 0 Å². The van der Waals surface area contributed by atoms with Crippen molar-refractivity contribution in [1.82, 2.24) is 20.2 Å². The number of carbonyl (C=O) groups is 1. The fourth-order valence-corrected chi connectivity index (χ4v) is 4.24. The summed E-state index contributed by atoms with van der Waals surface area (Å²) in [6, 6.07) is 22.3. The maximum Gasteiger partial charge on any atom is 0.250 e. The normalized spacial score (nSPS) is 11.0. The fraction of sp³-hybridized carbons (Fsp3) is 0.0833. The molecule has 0 radical (unpaired) electrons. The monoisotopic (exact) mass is 511 g/mol. The number of aromatic nitrogens is 3. The molecule has 0 saturated carbocycles.